The van der Waals surface area contributed by atoms with Gasteiger partial charge in [-0.05, 0) is 51.0 Å². The van der Waals surface area contributed by atoms with E-state index in [2.05, 4.69) is 5.32 Å². The van der Waals surface area contributed by atoms with Crippen molar-refractivity contribution in [1.82, 2.24) is 5.32 Å². The third-order valence-corrected chi connectivity index (χ3v) is 2.62. The van der Waals surface area contributed by atoms with E-state index in [4.69, 9.17) is 16.3 Å². The lowest BCUT2D eigenvalue weighted by Gasteiger charge is -2.20. The van der Waals surface area contributed by atoms with E-state index in [1.807, 2.05) is 0 Å². The van der Waals surface area contributed by atoms with Crippen LogP contribution in [0.3, 0.4) is 0 Å². The summed E-state index contributed by atoms with van der Waals surface area (Å²) in [5.74, 6) is 0. The summed E-state index contributed by atoms with van der Waals surface area (Å²) in [6.45, 7) is 7.34. The Bertz CT molecular complexity index is 452. The van der Waals surface area contributed by atoms with Crippen molar-refractivity contribution in [3.8, 4) is 0 Å². The molecule has 0 saturated heterocycles. The zero-order valence-electron chi connectivity index (χ0n) is 11.7. The highest BCUT2D eigenvalue weighted by molar-refractivity contribution is 6.30. The van der Waals surface area contributed by atoms with E-state index >= 15 is 0 Å². The number of carbonyl (C=O) groups is 1. The fourth-order valence-electron chi connectivity index (χ4n) is 1.60. The van der Waals surface area contributed by atoms with Gasteiger partial charge >= 0.3 is 6.09 Å². The maximum atomic E-state index is 11.6. The summed E-state index contributed by atoms with van der Waals surface area (Å²) in [5, 5.41) is 12.9. The van der Waals surface area contributed by atoms with Crippen molar-refractivity contribution in [2.24, 2.45) is 0 Å². The van der Waals surface area contributed by atoms with Crippen LogP contribution in [-0.4, -0.2) is 16.8 Å². The lowest BCUT2D eigenvalue weighted by molar-refractivity contribution is 0.0523. The van der Waals surface area contributed by atoms with Gasteiger partial charge in [0.1, 0.15) is 5.60 Å². The van der Waals surface area contributed by atoms with Crippen LogP contribution in [0.4, 0.5) is 4.79 Å². The van der Waals surface area contributed by atoms with E-state index in [9.17, 15) is 9.90 Å². The van der Waals surface area contributed by atoms with Gasteiger partial charge in [-0.25, -0.2) is 4.79 Å². The number of hydrogen-bond acceptors (Lipinski definition) is 3. The van der Waals surface area contributed by atoms with Crippen LogP contribution in [0.25, 0.3) is 0 Å². The van der Waals surface area contributed by atoms with Gasteiger partial charge in [-0.1, -0.05) is 17.7 Å². The van der Waals surface area contributed by atoms with Crippen LogP contribution in [0.5, 0.6) is 0 Å². The molecule has 0 heterocycles. The molecule has 5 heteroatoms. The minimum absolute atomic E-state index is 0.284. The first-order valence-corrected chi connectivity index (χ1v) is 6.50. The van der Waals surface area contributed by atoms with Crippen molar-refractivity contribution >= 4 is 17.7 Å². The van der Waals surface area contributed by atoms with Gasteiger partial charge in [0.05, 0.1) is 6.10 Å². The van der Waals surface area contributed by atoms with E-state index in [-0.39, 0.29) is 6.54 Å². The van der Waals surface area contributed by atoms with Crippen LogP contribution in [0.1, 0.15) is 44.9 Å². The number of nitrogens with one attached hydrogen (secondary N) is 1. The molecule has 2 N–H and O–H groups in total. The Morgan fingerprint density at radius 2 is 2.11 bits per heavy atom. The largest absolute Gasteiger partial charge is 0.444 e. The molecular formula is C14H20ClNO3. The minimum atomic E-state index is -0.644. The second kappa shape index (κ2) is 6.26. The molecule has 0 saturated carbocycles. The number of aliphatic hydroxyl groups is 1. The van der Waals surface area contributed by atoms with Crippen molar-refractivity contribution in [2.45, 2.75) is 45.9 Å². The smallest absolute Gasteiger partial charge is 0.407 e. The Kier molecular flexibility index (Phi) is 5.20. The van der Waals surface area contributed by atoms with Gasteiger partial charge < -0.3 is 15.2 Å². The van der Waals surface area contributed by atoms with Gasteiger partial charge in [0.2, 0.25) is 0 Å². The van der Waals surface area contributed by atoms with Gasteiger partial charge in [0.25, 0.3) is 0 Å². The number of amides is 1. The molecule has 1 atom stereocenters. The number of rotatable bonds is 3. The fourth-order valence-corrected chi connectivity index (χ4v) is 1.78. The maximum absolute atomic E-state index is 11.6. The number of benzene rings is 1. The topological polar surface area (TPSA) is 58.6 Å². The third-order valence-electron chi connectivity index (χ3n) is 2.38. The van der Waals surface area contributed by atoms with E-state index in [0.29, 0.717) is 10.6 Å². The van der Waals surface area contributed by atoms with E-state index in [1.54, 1.807) is 45.9 Å². The van der Waals surface area contributed by atoms with E-state index in [1.165, 1.54) is 0 Å². The number of alkyl carbamates (subject to hydrolysis) is 1. The average Bonchev–Trinajstić information content (AvgIpc) is 2.24. The molecule has 4 nitrogen and oxygen atoms in total. The monoisotopic (exact) mass is 285 g/mol. The molecule has 0 unspecified atom stereocenters. The molecule has 0 radical (unpaired) electrons. The molecule has 1 rings (SSSR count). The molecule has 1 aromatic carbocycles. The standard InChI is InChI=1S/C14H20ClNO3/c1-9(17)12-7-11(15)6-5-10(12)8-16-13(18)19-14(2,3)4/h5-7,9,17H,8H2,1-4H3,(H,16,18)/t9-/m1/s1. The first-order chi connectivity index (χ1) is 8.69. The number of ether oxygens (including phenoxy) is 1. The van der Waals surface area contributed by atoms with Gasteiger partial charge in [-0.2, -0.15) is 0 Å². The predicted molar refractivity (Wildman–Crippen MR) is 75.2 cm³/mol. The van der Waals surface area contributed by atoms with Gasteiger partial charge in [0, 0.05) is 11.6 Å². The molecule has 0 spiro atoms. The Hall–Kier alpha value is -1.26. The average molecular weight is 286 g/mol. The molecule has 0 bridgehead atoms. The Morgan fingerprint density at radius 3 is 2.63 bits per heavy atom. The zero-order valence-corrected chi connectivity index (χ0v) is 12.4. The van der Waals surface area contributed by atoms with Crippen LogP contribution < -0.4 is 5.32 Å². The van der Waals surface area contributed by atoms with Gasteiger partial charge in [0.15, 0.2) is 0 Å². The van der Waals surface area contributed by atoms with Crippen molar-refractivity contribution in [3.63, 3.8) is 0 Å². The third kappa shape index (κ3) is 5.49. The number of halogens is 1. The second-order valence-electron chi connectivity index (χ2n) is 5.37. The molecule has 1 amide bonds. The Morgan fingerprint density at radius 1 is 1.47 bits per heavy atom. The molecular weight excluding hydrogens is 266 g/mol. The van der Waals surface area contributed by atoms with Crippen LogP contribution in [0.15, 0.2) is 18.2 Å². The van der Waals surface area contributed by atoms with Gasteiger partial charge in [-0.15, -0.1) is 0 Å². The van der Waals surface area contributed by atoms with E-state index < -0.39 is 17.8 Å². The van der Waals surface area contributed by atoms with Crippen LogP contribution in [-0.2, 0) is 11.3 Å². The van der Waals surface area contributed by atoms with Crippen molar-refractivity contribution in [2.75, 3.05) is 0 Å². The predicted octanol–water partition coefficient (Wildman–Crippen LogP) is 3.42. The lowest BCUT2D eigenvalue weighted by Crippen LogP contribution is -2.32. The summed E-state index contributed by atoms with van der Waals surface area (Å²) in [6, 6.07) is 5.19. The fraction of sp³-hybridized carbons (Fsp3) is 0.500. The summed E-state index contributed by atoms with van der Waals surface area (Å²) < 4.78 is 5.14. The molecule has 1 aromatic rings. The van der Waals surface area contributed by atoms with Crippen molar-refractivity contribution in [1.29, 1.82) is 0 Å². The minimum Gasteiger partial charge on any atom is -0.444 e. The SMILES string of the molecule is C[C@@H](O)c1cc(Cl)ccc1CNC(=O)OC(C)(C)C. The number of aliphatic hydroxyl groups excluding tert-OH is 1. The number of carbonyl (C=O) groups excluding carboxylic acids is 1. The Labute approximate surface area is 118 Å². The van der Waals surface area contributed by atoms with Crippen molar-refractivity contribution < 1.29 is 14.6 Å². The molecule has 0 aliphatic rings. The summed E-state index contributed by atoms with van der Waals surface area (Å²) >= 11 is 5.89. The summed E-state index contributed by atoms with van der Waals surface area (Å²) in [5.41, 5.74) is 0.978. The Balaban J connectivity index is 2.70. The van der Waals surface area contributed by atoms with Crippen LogP contribution >= 0.6 is 11.6 Å². The summed E-state index contributed by atoms with van der Waals surface area (Å²) in [7, 11) is 0. The highest BCUT2D eigenvalue weighted by Gasteiger charge is 2.16. The normalized spacial score (nSPS) is 12.9. The highest BCUT2D eigenvalue weighted by Crippen LogP contribution is 2.22. The molecule has 0 aliphatic carbocycles. The van der Waals surface area contributed by atoms with Crippen molar-refractivity contribution in [3.05, 3.63) is 34.3 Å². The lowest BCUT2D eigenvalue weighted by atomic mass is 10.0. The van der Waals surface area contributed by atoms with E-state index in [0.717, 1.165) is 5.56 Å². The first-order valence-electron chi connectivity index (χ1n) is 6.12. The van der Waals surface area contributed by atoms with Crippen LogP contribution in [0, 0.1) is 0 Å². The maximum Gasteiger partial charge on any atom is 0.407 e. The molecule has 19 heavy (non-hydrogen) atoms. The quantitative estimate of drug-likeness (QED) is 0.895. The summed E-state index contributed by atoms with van der Waals surface area (Å²) in [6.07, 6.45) is -1.13. The summed E-state index contributed by atoms with van der Waals surface area (Å²) in [4.78, 5) is 11.6. The molecule has 0 aliphatic heterocycles. The molecule has 0 aromatic heterocycles. The first kappa shape index (κ1) is 15.8. The zero-order chi connectivity index (χ0) is 14.6. The second-order valence-corrected chi connectivity index (χ2v) is 5.81. The molecule has 106 valence electrons. The highest BCUT2D eigenvalue weighted by atomic mass is 35.5. The number of hydrogen-bond donors (Lipinski definition) is 2. The van der Waals surface area contributed by atoms with Crippen LogP contribution in [0.2, 0.25) is 5.02 Å². The molecule has 0 fully saturated rings. The van der Waals surface area contributed by atoms with Gasteiger partial charge in [-0.3, -0.25) is 0 Å².